The van der Waals surface area contributed by atoms with Crippen LogP contribution in [0.5, 0.6) is 11.5 Å². The predicted molar refractivity (Wildman–Crippen MR) is 139 cm³/mol. The quantitative estimate of drug-likeness (QED) is 0.417. The molecule has 1 aliphatic carbocycles. The third-order valence-corrected chi connectivity index (χ3v) is 7.77. The molecule has 180 valence electrons. The highest BCUT2D eigenvalue weighted by atomic mass is 32.1. The van der Waals surface area contributed by atoms with E-state index in [1.54, 1.807) is 30.9 Å². The van der Waals surface area contributed by atoms with E-state index in [-0.39, 0.29) is 17.4 Å². The van der Waals surface area contributed by atoms with Gasteiger partial charge in [0.1, 0.15) is 17.3 Å². The lowest BCUT2D eigenvalue weighted by molar-refractivity contribution is 0.402. The molecule has 4 aromatic rings. The summed E-state index contributed by atoms with van der Waals surface area (Å²) < 4.78 is 27.0. The molecule has 2 heterocycles. The van der Waals surface area contributed by atoms with E-state index in [0.717, 1.165) is 40.8 Å². The number of allylic oxidation sites excluding steroid dienone is 1. The van der Waals surface area contributed by atoms with E-state index in [0.29, 0.717) is 20.8 Å². The van der Waals surface area contributed by atoms with Gasteiger partial charge in [0.15, 0.2) is 4.80 Å². The number of hydrogen-bond donors (Lipinski definition) is 0. The molecule has 7 heteroatoms. The Kier molecular flexibility index (Phi) is 5.57. The van der Waals surface area contributed by atoms with Crippen molar-refractivity contribution in [1.82, 2.24) is 4.57 Å². The van der Waals surface area contributed by atoms with Crippen molar-refractivity contribution in [1.29, 1.82) is 0 Å². The van der Waals surface area contributed by atoms with Crippen LogP contribution in [-0.4, -0.2) is 18.8 Å². The summed E-state index contributed by atoms with van der Waals surface area (Å²) in [5.41, 5.74) is 5.81. The molecule has 1 aliphatic heterocycles. The largest absolute Gasteiger partial charge is 0.497 e. The summed E-state index contributed by atoms with van der Waals surface area (Å²) in [5, 5.41) is 0. The first kappa shape index (κ1) is 22.5. The van der Waals surface area contributed by atoms with Crippen LogP contribution in [0.1, 0.15) is 34.7 Å². The van der Waals surface area contributed by atoms with E-state index in [4.69, 9.17) is 14.5 Å². The average Bonchev–Trinajstić information content (AvgIpc) is 3.22. The molecule has 1 atom stereocenters. The highest BCUT2D eigenvalue weighted by molar-refractivity contribution is 7.07. The number of fused-ring (bicyclic) bond motifs is 3. The molecule has 0 bridgehead atoms. The zero-order chi connectivity index (χ0) is 24.8. The number of methoxy groups -OCH3 is 2. The van der Waals surface area contributed by atoms with Crippen LogP contribution in [0.25, 0.3) is 11.8 Å². The lowest BCUT2D eigenvalue weighted by Gasteiger charge is -2.30. The molecule has 3 aromatic carbocycles. The summed E-state index contributed by atoms with van der Waals surface area (Å²) in [5.74, 6) is 1.01. The van der Waals surface area contributed by atoms with Gasteiger partial charge < -0.3 is 9.47 Å². The van der Waals surface area contributed by atoms with Crippen LogP contribution in [0.3, 0.4) is 0 Å². The Morgan fingerprint density at radius 2 is 1.83 bits per heavy atom. The number of benzene rings is 3. The van der Waals surface area contributed by atoms with Crippen LogP contribution in [0.2, 0.25) is 0 Å². The Bertz CT molecular complexity index is 1700. The minimum absolute atomic E-state index is 0.136. The van der Waals surface area contributed by atoms with Crippen molar-refractivity contribution in [3.8, 4) is 11.5 Å². The average molecular weight is 499 g/mol. The highest BCUT2D eigenvalue weighted by Gasteiger charge is 2.32. The minimum atomic E-state index is -0.348. The second-order valence-electron chi connectivity index (χ2n) is 8.77. The topological polar surface area (TPSA) is 52.8 Å². The van der Waals surface area contributed by atoms with Crippen LogP contribution in [0.4, 0.5) is 4.39 Å². The van der Waals surface area contributed by atoms with Crippen molar-refractivity contribution >= 4 is 23.1 Å². The molecule has 0 spiro atoms. The van der Waals surface area contributed by atoms with Crippen molar-refractivity contribution in [3.05, 3.63) is 120 Å². The number of ether oxygens (including phenoxy) is 2. The van der Waals surface area contributed by atoms with Gasteiger partial charge in [0.2, 0.25) is 0 Å². The number of nitrogens with zero attached hydrogens (tertiary/aromatic N) is 2. The first-order valence-electron chi connectivity index (χ1n) is 11.7. The van der Waals surface area contributed by atoms with E-state index in [1.165, 1.54) is 29.0 Å². The van der Waals surface area contributed by atoms with Crippen LogP contribution < -0.4 is 24.4 Å². The van der Waals surface area contributed by atoms with E-state index >= 15 is 0 Å². The molecule has 0 fully saturated rings. The number of aryl methyl sites for hydroxylation is 1. The number of thiazole rings is 1. The molecule has 1 unspecified atom stereocenters. The summed E-state index contributed by atoms with van der Waals surface area (Å²) in [6.45, 7) is 0. The number of halogens is 1. The molecule has 0 radical (unpaired) electrons. The third-order valence-electron chi connectivity index (χ3n) is 6.78. The Hall–Kier alpha value is -3.97. The fraction of sp³-hybridized carbons (Fsp3) is 0.172. The summed E-state index contributed by atoms with van der Waals surface area (Å²) in [6.07, 6.45) is 3.47. The lowest BCUT2D eigenvalue weighted by atomic mass is 9.83. The maximum Gasteiger partial charge on any atom is 0.271 e. The van der Waals surface area contributed by atoms with Crippen molar-refractivity contribution in [3.63, 3.8) is 0 Å². The number of aromatic nitrogens is 1. The number of rotatable bonds is 4. The van der Waals surface area contributed by atoms with Crippen LogP contribution >= 0.6 is 11.3 Å². The van der Waals surface area contributed by atoms with Gasteiger partial charge in [-0.3, -0.25) is 9.36 Å². The van der Waals surface area contributed by atoms with E-state index < -0.39 is 0 Å². The van der Waals surface area contributed by atoms with Gasteiger partial charge in [-0.1, -0.05) is 47.7 Å². The van der Waals surface area contributed by atoms with E-state index in [1.807, 2.05) is 36.4 Å². The summed E-state index contributed by atoms with van der Waals surface area (Å²) in [7, 11) is 3.20. The number of hydrogen-bond acceptors (Lipinski definition) is 5. The molecular formula is C29H23FN2O3S. The molecule has 2 aliphatic rings. The SMILES string of the molecule is COc1ccc(OC)c(C=c2sc3n(c2=O)C(c2ccc(F)cc2)C2=C(N=3)c3ccccc3CC2)c1. The molecule has 0 saturated carbocycles. The fourth-order valence-corrected chi connectivity index (χ4v) is 6.05. The molecule has 6 rings (SSSR count). The van der Waals surface area contributed by atoms with Crippen LogP contribution in [0.15, 0.2) is 82.1 Å². The van der Waals surface area contributed by atoms with E-state index in [2.05, 4.69) is 12.1 Å². The second-order valence-corrected chi connectivity index (χ2v) is 9.78. The molecule has 1 aromatic heterocycles. The summed E-state index contributed by atoms with van der Waals surface area (Å²) in [6, 6.07) is 19.8. The van der Waals surface area contributed by atoms with Gasteiger partial charge in [-0.15, -0.1) is 0 Å². The van der Waals surface area contributed by atoms with Crippen LogP contribution in [0, 0.1) is 5.82 Å². The third kappa shape index (κ3) is 3.67. The van der Waals surface area contributed by atoms with Gasteiger partial charge in [-0.25, -0.2) is 9.38 Å². The van der Waals surface area contributed by atoms with Crippen molar-refractivity contribution in [2.24, 2.45) is 4.99 Å². The lowest BCUT2D eigenvalue weighted by Crippen LogP contribution is -2.38. The summed E-state index contributed by atoms with van der Waals surface area (Å²) in [4.78, 5) is 19.5. The smallest absolute Gasteiger partial charge is 0.271 e. The Balaban J connectivity index is 1.62. The maximum atomic E-state index is 13.9. The predicted octanol–water partition coefficient (Wildman–Crippen LogP) is 4.48. The molecule has 36 heavy (non-hydrogen) atoms. The van der Waals surface area contributed by atoms with Gasteiger partial charge in [-0.2, -0.15) is 0 Å². The zero-order valence-corrected chi connectivity index (χ0v) is 20.6. The minimum Gasteiger partial charge on any atom is -0.497 e. The van der Waals surface area contributed by atoms with Gasteiger partial charge in [-0.05, 0) is 65.9 Å². The standard InChI is InChI=1S/C29H23FN2O3S/c1-34-21-12-14-24(35-2)19(15-21)16-25-28(33)32-27(18-7-10-20(30)11-8-18)23-13-9-17-5-3-4-6-22(17)26(23)31-29(32)36-25/h3-8,10-12,14-16,27H,9,13H2,1-2H3. The summed E-state index contributed by atoms with van der Waals surface area (Å²) >= 11 is 1.35. The maximum absolute atomic E-state index is 13.9. The first-order chi connectivity index (χ1) is 17.6. The molecule has 5 nitrogen and oxygen atoms in total. The Morgan fingerprint density at radius 3 is 2.61 bits per heavy atom. The molecule has 0 saturated heterocycles. The van der Waals surface area contributed by atoms with Crippen LogP contribution in [-0.2, 0) is 6.42 Å². The van der Waals surface area contributed by atoms with Crippen molar-refractivity contribution in [2.75, 3.05) is 14.2 Å². The monoisotopic (exact) mass is 498 g/mol. The molecule has 0 N–H and O–H groups in total. The van der Waals surface area contributed by atoms with Gasteiger partial charge in [0.25, 0.3) is 5.56 Å². The second kappa shape index (κ2) is 8.91. The van der Waals surface area contributed by atoms with Crippen molar-refractivity contribution in [2.45, 2.75) is 18.9 Å². The molecule has 0 amide bonds. The molecular weight excluding hydrogens is 475 g/mol. The van der Waals surface area contributed by atoms with Gasteiger partial charge in [0.05, 0.1) is 30.5 Å². The Labute approximate surface area is 211 Å². The van der Waals surface area contributed by atoms with Gasteiger partial charge >= 0.3 is 0 Å². The van der Waals surface area contributed by atoms with E-state index in [9.17, 15) is 9.18 Å². The highest BCUT2D eigenvalue weighted by Crippen LogP contribution is 2.41. The normalized spacial score (nSPS) is 16.6. The fourth-order valence-electron chi connectivity index (χ4n) is 5.06. The van der Waals surface area contributed by atoms with Crippen molar-refractivity contribution < 1.29 is 13.9 Å². The zero-order valence-electron chi connectivity index (χ0n) is 19.8. The Morgan fingerprint density at radius 1 is 1.03 bits per heavy atom. The first-order valence-corrected chi connectivity index (χ1v) is 12.5. The van der Waals surface area contributed by atoms with Gasteiger partial charge in [0, 0.05) is 11.1 Å².